The standard InChI is InChI=1S/C19H32N4/c1-16-10-13-23(14-11-16)19(20)21-12-9-17(2)22(3)15-18-7-5-4-6-8-18/h4-8,16-17H,9-15H2,1-3H3,(H2,20,21). The van der Waals surface area contributed by atoms with Gasteiger partial charge in [-0.3, -0.25) is 9.89 Å². The molecule has 128 valence electrons. The first-order valence-corrected chi connectivity index (χ1v) is 8.85. The number of likely N-dealkylation sites (tertiary alicyclic amines) is 1. The summed E-state index contributed by atoms with van der Waals surface area (Å²) in [7, 11) is 2.18. The minimum atomic E-state index is 0.494. The van der Waals surface area contributed by atoms with Crippen molar-refractivity contribution in [3.05, 3.63) is 35.9 Å². The molecule has 1 aromatic rings. The van der Waals surface area contributed by atoms with Gasteiger partial charge >= 0.3 is 0 Å². The molecule has 2 rings (SSSR count). The van der Waals surface area contributed by atoms with Gasteiger partial charge in [0.1, 0.15) is 0 Å². The fraction of sp³-hybridized carbons (Fsp3) is 0.632. The molecule has 0 aliphatic carbocycles. The van der Waals surface area contributed by atoms with Crippen LogP contribution in [0.2, 0.25) is 0 Å². The van der Waals surface area contributed by atoms with Crippen molar-refractivity contribution in [3.63, 3.8) is 0 Å². The highest BCUT2D eigenvalue weighted by Crippen LogP contribution is 2.15. The van der Waals surface area contributed by atoms with Gasteiger partial charge in [0.05, 0.1) is 0 Å². The van der Waals surface area contributed by atoms with Crippen LogP contribution >= 0.6 is 0 Å². The molecule has 0 saturated carbocycles. The molecule has 1 heterocycles. The van der Waals surface area contributed by atoms with Crippen LogP contribution in [0.1, 0.15) is 38.7 Å². The van der Waals surface area contributed by atoms with Crippen LogP contribution in [-0.4, -0.2) is 48.5 Å². The largest absolute Gasteiger partial charge is 0.370 e. The summed E-state index contributed by atoms with van der Waals surface area (Å²) in [4.78, 5) is 9.21. The van der Waals surface area contributed by atoms with E-state index in [-0.39, 0.29) is 0 Å². The summed E-state index contributed by atoms with van der Waals surface area (Å²) in [5.41, 5.74) is 7.50. The number of benzene rings is 1. The van der Waals surface area contributed by atoms with Crippen molar-refractivity contribution in [1.82, 2.24) is 9.80 Å². The maximum Gasteiger partial charge on any atom is 0.191 e. The zero-order chi connectivity index (χ0) is 16.7. The van der Waals surface area contributed by atoms with Gasteiger partial charge in [-0.15, -0.1) is 0 Å². The van der Waals surface area contributed by atoms with Gasteiger partial charge in [-0.05, 0) is 44.7 Å². The van der Waals surface area contributed by atoms with Gasteiger partial charge in [-0.2, -0.15) is 0 Å². The van der Waals surface area contributed by atoms with Crippen LogP contribution in [0.4, 0.5) is 0 Å². The average Bonchev–Trinajstić information content (AvgIpc) is 2.56. The first-order valence-electron chi connectivity index (χ1n) is 8.85. The fourth-order valence-corrected chi connectivity index (χ4v) is 2.95. The average molecular weight is 316 g/mol. The number of nitrogens with two attached hydrogens (primary N) is 1. The van der Waals surface area contributed by atoms with E-state index in [9.17, 15) is 0 Å². The first kappa shape index (κ1) is 17.8. The van der Waals surface area contributed by atoms with Crippen LogP contribution in [0.3, 0.4) is 0 Å². The van der Waals surface area contributed by atoms with Crippen LogP contribution in [0.25, 0.3) is 0 Å². The number of hydrogen-bond acceptors (Lipinski definition) is 2. The highest BCUT2D eigenvalue weighted by atomic mass is 15.3. The van der Waals surface area contributed by atoms with E-state index in [0.29, 0.717) is 6.04 Å². The van der Waals surface area contributed by atoms with Crippen molar-refractivity contribution in [2.45, 2.75) is 45.7 Å². The molecule has 0 radical (unpaired) electrons. The minimum Gasteiger partial charge on any atom is -0.370 e. The summed E-state index contributed by atoms with van der Waals surface area (Å²) in [6, 6.07) is 11.1. The number of guanidine groups is 1. The molecule has 1 aliphatic rings. The monoisotopic (exact) mass is 316 g/mol. The second-order valence-corrected chi connectivity index (χ2v) is 6.95. The summed E-state index contributed by atoms with van der Waals surface area (Å²) >= 11 is 0. The van der Waals surface area contributed by atoms with Crippen LogP contribution in [0.15, 0.2) is 35.3 Å². The Morgan fingerprint density at radius 1 is 1.30 bits per heavy atom. The zero-order valence-electron chi connectivity index (χ0n) is 14.9. The molecule has 1 atom stereocenters. The Balaban J connectivity index is 1.73. The number of hydrogen-bond donors (Lipinski definition) is 1. The molecule has 4 nitrogen and oxygen atoms in total. The van der Waals surface area contributed by atoms with E-state index in [1.807, 2.05) is 0 Å². The molecule has 1 aliphatic heterocycles. The van der Waals surface area contributed by atoms with E-state index in [1.165, 1.54) is 18.4 Å². The molecule has 0 bridgehead atoms. The van der Waals surface area contributed by atoms with Crippen molar-refractivity contribution in [2.24, 2.45) is 16.6 Å². The summed E-state index contributed by atoms with van der Waals surface area (Å²) in [6.07, 6.45) is 3.49. The Morgan fingerprint density at radius 3 is 2.61 bits per heavy atom. The van der Waals surface area contributed by atoms with E-state index < -0.39 is 0 Å². The lowest BCUT2D eigenvalue weighted by atomic mass is 10.00. The second-order valence-electron chi connectivity index (χ2n) is 6.95. The van der Waals surface area contributed by atoms with E-state index in [2.05, 4.69) is 66.0 Å². The van der Waals surface area contributed by atoms with Gasteiger partial charge in [0.25, 0.3) is 0 Å². The third-order valence-corrected chi connectivity index (χ3v) is 4.96. The van der Waals surface area contributed by atoms with E-state index in [1.54, 1.807) is 0 Å². The van der Waals surface area contributed by atoms with E-state index in [0.717, 1.165) is 44.5 Å². The van der Waals surface area contributed by atoms with Crippen LogP contribution in [-0.2, 0) is 6.54 Å². The summed E-state index contributed by atoms with van der Waals surface area (Å²) in [5, 5.41) is 0. The van der Waals surface area contributed by atoms with Crippen molar-refractivity contribution in [1.29, 1.82) is 0 Å². The smallest absolute Gasteiger partial charge is 0.191 e. The quantitative estimate of drug-likeness (QED) is 0.648. The van der Waals surface area contributed by atoms with Gasteiger partial charge in [0.2, 0.25) is 0 Å². The molecule has 1 fully saturated rings. The normalized spacial score (nSPS) is 18.4. The van der Waals surface area contributed by atoms with Crippen molar-refractivity contribution >= 4 is 5.96 Å². The lowest BCUT2D eigenvalue weighted by molar-refractivity contribution is 0.240. The molecule has 1 unspecified atom stereocenters. The van der Waals surface area contributed by atoms with Crippen molar-refractivity contribution in [2.75, 3.05) is 26.7 Å². The van der Waals surface area contributed by atoms with Crippen LogP contribution in [0, 0.1) is 5.92 Å². The Morgan fingerprint density at radius 2 is 1.96 bits per heavy atom. The minimum absolute atomic E-state index is 0.494. The van der Waals surface area contributed by atoms with Crippen LogP contribution in [0.5, 0.6) is 0 Å². The molecule has 4 heteroatoms. The number of aliphatic imine (C=N–C) groups is 1. The Hall–Kier alpha value is -1.55. The summed E-state index contributed by atoms with van der Waals surface area (Å²) in [5.74, 6) is 1.56. The van der Waals surface area contributed by atoms with Gasteiger partial charge in [-0.25, -0.2) is 0 Å². The Bertz CT molecular complexity index is 477. The van der Waals surface area contributed by atoms with Gasteiger partial charge in [0.15, 0.2) is 5.96 Å². The first-order chi connectivity index (χ1) is 11.1. The molecule has 1 saturated heterocycles. The van der Waals surface area contributed by atoms with Crippen LogP contribution < -0.4 is 5.73 Å². The molecule has 0 spiro atoms. The van der Waals surface area contributed by atoms with Gasteiger partial charge < -0.3 is 10.6 Å². The fourth-order valence-electron chi connectivity index (χ4n) is 2.95. The maximum absolute atomic E-state index is 6.14. The number of rotatable bonds is 6. The van der Waals surface area contributed by atoms with Crippen molar-refractivity contribution < 1.29 is 0 Å². The molecule has 0 amide bonds. The lowest BCUT2D eigenvalue weighted by Crippen LogP contribution is -2.42. The summed E-state index contributed by atoms with van der Waals surface area (Å²) in [6.45, 7) is 8.47. The number of piperidine rings is 1. The van der Waals surface area contributed by atoms with Gasteiger partial charge in [-0.1, -0.05) is 37.3 Å². The Kier molecular flexibility index (Phi) is 6.90. The van der Waals surface area contributed by atoms with E-state index in [4.69, 9.17) is 5.73 Å². The lowest BCUT2D eigenvalue weighted by Gasteiger charge is -2.31. The zero-order valence-corrected chi connectivity index (χ0v) is 14.9. The van der Waals surface area contributed by atoms with E-state index >= 15 is 0 Å². The SMILES string of the molecule is CC1CCN(C(N)=NCCC(C)N(C)Cc2ccccc2)CC1. The summed E-state index contributed by atoms with van der Waals surface area (Å²) < 4.78 is 0. The predicted molar refractivity (Wildman–Crippen MR) is 98.4 cm³/mol. The predicted octanol–water partition coefficient (Wildman–Crippen LogP) is 2.94. The molecule has 1 aromatic carbocycles. The molecule has 2 N–H and O–H groups in total. The molecular weight excluding hydrogens is 284 g/mol. The highest BCUT2D eigenvalue weighted by molar-refractivity contribution is 5.78. The third-order valence-electron chi connectivity index (χ3n) is 4.96. The van der Waals surface area contributed by atoms with Gasteiger partial charge in [0, 0.05) is 32.2 Å². The Labute approximate surface area is 141 Å². The highest BCUT2D eigenvalue weighted by Gasteiger charge is 2.17. The topological polar surface area (TPSA) is 44.9 Å². The maximum atomic E-state index is 6.14. The second kappa shape index (κ2) is 8.92. The molecular formula is C19H32N4. The third kappa shape index (κ3) is 5.87. The molecule has 23 heavy (non-hydrogen) atoms. The number of nitrogens with zero attached hydrogens (tertiary/aromatic N) is 3. The van der Waals surface area contributed by atoms with Crippen molar-refractivity contribution in [3.8, 4) is 0 Å². The molecule has 0 aromatic heterocycles.